The summed E-state index contributed by atoms with van der Waals surface area (Å²) in [5, 5.41) is 10.3. The predicted molar refractivity (Wildman–Crippen MR) is 90.6 cm³/mol. The van der Waals surface area contributed by atoms with Crippen molar-refractivity contribution in [1.29, 1.82) is 0 Å². The summed E-state index contributed by atoms with van der Waals surface area (Å²) in [6, 6.07) is 11.1. The van der Waals surface area contributed by atoms with E-state index < -0.39 is 5.60 Å². The van der Waals surface area contributed by atoms with E-state index >= 15 is 0 Å². The van der Waals surface area contributed by atoms with E-state index in [0.29, 0.717) is 17.1 Å². The molecule has 0 unspecified atom stereocenters. The normalized spacial score (nSPS) is 20.6. The molecule has 0 aromatic heterocycles. The Morgan fingerprint density at radius 2 is 1.96 bits per heavy atom. The van der Waals surface area contributed by atoms with Gasteiger partial charge in [-0.15, -0.1) is 0 Å². The van der Waals surface area contributed by atoms with Crippen molar-refractivity contribution in [3.8, 4) is 17.2 Å². The van der Waals surface area contributed by atoms with Crippen LogP contribution in [-0.2, 0) is 0 Å². The number of benzene rings is 2. The predicted octanol–water partition coefficient (Wildman–Crippen LogP) is 4.28. The molecule has 1 N–H and O–H groups in total. The summed E-state index contributed by atoms with van der Waals surface area (Å²) in [6.07, 6.45) is 3.67. The summed E-state index contributed by atoms with van der Waals surface area (Å²) in [6.45, 7) is 3.86. The number of aromatic hydroxyl groups is 1. The van der Waals surface area contributed by atoms with Gasteiger partial charge in [-0.05, 0) is 31.6 Å². The number of hydrogen-bond donors (Lipinski definition) is 1. The number of fused-ring (bicyclic) bond motifs is 3. The average molecular weight is 322 g/mol. The van der Waals surface area contributed by atoms with E-state index in [9.17, 15) is 9.90 Å². The smallest absolute Gasteiger partial charge is 0.174 e. The summed E-state index contributed by atoms with van der Waals surface area (Å²) in [5.74, 6) is 0.720. The highest BCUT2D eigenvalue weighted by molar-refractivity contribution is 6.04. The van der Waals surface area contributed by atoms with Crippen LogP contribution in [-0.4, -0.2) is 16.5 Å². The topological polar surface area (TPSA) is 55.8 Å². The van der Waals surface area contributed by atoms with Gasteiger partial charge in [0, 0.05) is 6.07 Å². The Morgan fingerprint density at radius 1 is 1.21 bits per heavy atom. The molecule has 2 aromatic carbocycles. The van der Waals surface area contributed by atoms with E-state index in [-0.39, 0.29) is 29.6 Å². The zero-order valence-electron chi connectivity index (χ0n) is 13.6. The van der Waals surface area contributed by atoms with E-state index in [1.807, 2.05) is 56.3 Å². The minimum absolute atomic E-state index is 0.0913. The van der Waals surface area contributed by atoms with Gasteiger partial charge in [0.2, 0.25) is 0 Å². The second kappa shape index (κ2) is 5.13. The first kappa shape index (κ1) is 14.8. The second-order valence-corrected chi connectivity index (χ2v) is 6.69. The van der Waals surface area contributed by atoms with Crippen LogP contribution in [0.1, 0.15) is 47.9 Å². The van der Waals surface area contributed by atoms with Crippen molar-refractivity contribution in [2.75, 3.05) is 0 Å². The molecule has 2 aromatic rings. The van der Waals surface area contributed by atoms with Crippen molar-refractivity contribution in [2.24, 2.45) is 0 Å². The molecule has 0 radical (unpaired) electrons. The molecule has 2 aliphatic heterocycles. The quantitative estimate of drug-likeness (QED) is 0.851. The maximum absolute atomic E-state index is 12.6. The lowest BCUT2D eigenvalue weighted by Gasteiger charge is -2.32. The Kier molecular flexibility index (Phi) is 3.17. The van der Waals surface area contributed by atoms with Gasteiger partial charge in [0.25, 0.3) is 0 Å². The van der Waals surface area contributed by atoms with Crippen LogP contribution in [0.2, 0.25) is 0 Å². The Bertz CT molecular complexity index is 850. The van der Waals surface area contributed by atoms with Crippen LogP contribution in [0.15, 0.2) is 42.5 Å². The summed E-state index contributed by atoms with van der Waals surface area (Å²) < 4.78 is 12.0. The highest BCUT2D eigenvalue weighted by Crippen LogP contribution is 2.48. The molecular formula is C20H18O4. The fourth-order valence-electron chi connectivity index (χ4n) is 3.18. The minimum atomic E-state index is -0.467. The van der Waals surface area contributed by atoms with Crippen molar-refractivity contribution in [1.82, 2.24) is 0 Å². The molecule has 4 heteroatoms. The van der Waals surface area contributed by atoms with Crippen molar-refractivity contribution in [2.45, 2.75) is 32.0 Å². The van der Waals surface area contributed by atoms with Crippen LogP contribution in [0.3, 0.4) is 0 Å². The maximum atomic E-state index is 12.6. The fraction of sp³-hybridized carbons (Fsp3) is 0.250. The van der Waals surface area contributed by atoms with Gasteiger partial charge in [-0.3, -0.25) is 4.79 Å². The zero-order valence-corrected chi connectivity index (χ0v) is 13.6. The molecule has 2 heterocycles. The monoisotopic (exact) mass is 322 g/mol. The van der Waals surface area contributed by atoms with Crippen molar-refractivity contribution < 1.29 is 19.4 Å². The molecular weight excluding hydrogens is 304 g/mol. The van der Waals surface area contributed by atoms with Crippen LogP contribution < -0.4 is 9.47 Å². The summed E-state index contributed by atoms with van der Waals surface area (Å²) in [5.41, 5.74) is 1.42. The number of ketones is 1. The Balaban J connectivity index is 1.84. The highest BCUT2D eigenvalue weighted by Gasteiger charge is 2.35. The SMILES string of the molecule is CC1(C)C=Cc2c(cc(O)c3c2O[C@@H](c2ccccc2)CC3=O)O1. The maximum Gasteiger partial charge on any atom is 0.174 e. The lowest BCUT2D eigenvalue weighted by Crippen LogP contribution is -2.28. The molecule has 0 aliphatic carbocycles. The highest BCUT2D eigenvalue weighted by atomic mass is 16.5. The van der Waals surface area contributed by atoms with Crippen LogP contribution in [0.5, 0.6) is 17.2 Å². The number of phenols is 1. The molecule has 0 saturated heterocycles. The minimum Gasteiger partial charge on any atom is -0.507 e. The number of hydrogen-bond acceptors (Lipinski definition) is 4. The van der Waals surface area contributed by atoms with E-state index in [4.69, 9.17) is 9.47 Å². The van der Waals surface area contributed by atoms with Crippen LogP contribution >= 0.6 is 0 Å². The van der Waals surface area contributed by atoms with E-state index in [1.165, 1.54) is 6.07 Å². The van der Waals surface area contributed by atoms with E-state index in [0.717, 1.165) is 5.56 Å². The third kappa shape index (κ3) is 2.35. The molecule has 4 rings (SSSR count). The van der Waals surface area contributed by atoms with Gasteiger partial charge in [0.15, 0.2) is 5.78 Å². The number of rotatable bonds is 1. The third-order valence-electron chi connectivity index (χ3n) is 4.37. The summed E-state index contributed by atoms with van der Waals surface area (Å²) in [4.78, 5) is 12.6. The van der Waals surface area contributed by atoms with Crippen LogP contribution in [0.25, 0.3) is 6.08 Å². The molecule has 24 heavy (non-hydrogen) atoms. The number of ether oxygens (including phenoxy) is 2. The molecule has 4 nitrogen and oxygen atoms in total. The number of carbonyl (C=O) groups excluding carboxylic acids is 1. The van der Waals surface area contributed by atoms with Gasteiger partial charge in [-0.1, -0.05) is 30.3 Å². The summed E-state index contributed by atoms with van der Waals surface area (Å²) in [7, 11) is 0. The Labute approximate surface area is 140 Å². The number of carbonyl (C=O) groups is 1. The molecule has 1 atom stereocenters. The number of phenolic OH excluding ortho intramolecular Hbond substituents is 1. The van der Waals surface area contributed by atoms with Gasteiger partial charge < -0.3 is 14.6 Å². The van der Waals surface area contributed by atoms with Gasteiger partial charge in [-0.25, -0.2) is 0 Å². The summed E-state index contributed by atoms with van der Waals surface area (Å²) >= 11 is 0. The first-order valence-corrected chi connectivity index (χ1v) is 7.97. The molecule has 0 bridgehead atoms. The molecule has 0 fully saturated rings. The number of Topliss-reactive ketones (excluding diaryl/α,β-unsaturated/α-hetero) is 1. The van der Waals surface area contributed by atoms with Gasteiger partial charge >= 0.3 is 0 Å². The van der Waals surface area contributed by atoms with Crippen LogP contribution in [0, 0.1) is 0 Å². The van der Waals surface area contributed by atoms with Gasteiger partial charge in [0.05, 0.1) is 12.0 Å². The average Bonchev–Trinajstić information content (AvgIpc) is 2.54. The Hall–Kier alpha value is -2.75. The van der Waals surface area contributed by atoms with Crippen molar-refractivity contribution in [3.05, 3.63) is 59.2 Å². The largest absolute Gasteiger partial charge is 0.507 e. The third-order valence-corrected chi connectivity index (χ3v) is 4.37. The first-order valence-electron chi connectivity index (χ1n) is 7.97. The zero-order chi connectivity index (χ0) is 16.9. The van der Waals surface area contributed by atoms with Crippen molar-refractivity contribution in [3.63, 3.8) is 0 Å². The Morgan fingerprint density at radius 3 is 2.71 bits per heavy atom. The van der Waals surface area contributed by atoms with E-state index in [1.54, 1.807) is 0 Å². The molecule has 2 aliphatic rings. The van der Waals surface area contributed by atoms with Gasteiger partial charge in [0.1, 0.15) is 34.5 Å². The fourth-order valence-corrected chi connectivity index (χ4v) is 3.18. The molecule has 0 spiro atoms. The lowest BCUT2D eigenvalue weighted by atomic mass is 9.91. The lowest BCUT2D eigenvalue weighted by molar-refractivity contribution is 0.0841. The standard InChI is InChI=1S/C20H18O4/c1-20(2)9-8-13-17(24-20)11-15(22)18-14(21)10-16(23-19(13)18)12-6-4-3-5-7-12/h3-9,11,16,22H,10H2,1-2H3/t16-/m1/s1. The van der Waals surface area contributed by atoms with E-state index in [2.05, 4.69) is 0 Å². The molecule has 0 amide bonds. The second-order valence-electron chi connectivity index (χ2n) is 6.69. The van der Waals surface area contributed by atoms with Gasteiger partial charge in [-0.2, -0.15) is 0 Å². The van der Waals surface area contributed by atoms with Crippen molar-refractivity contribution >= 4 is 11.9 Å². The molecule has 0 saturated carbocycles. The van der Waals surface area contributed by atoms with Crippen LogP contribution in [0.4, 0.5) is 0 Å². The first-order chi connectivity index (χ1) is 11.4. The molecule has 122 valence electrons.